The van der Waals surface area contributed by atoms with Crippen molar-refractivity contribution in [3.05, 3.63) is 35.9 Å². The second-order valence-electron chi connectivity index (χ2n) is 12.6. The van der Waals surface area contributed by atoms with Crippen molar-refractivity contribution in [1.82, 2.24) is 10.2 Å². The lowest BCUT2D eigenvalue weighted by atomic mass is 9.78. The predicted molar refractivity (Wildman–Crippen MR) is 172 cm³/mol. The fourth-order valence-corrected chi connectivity index (χ4v) is 6.72. The van der Waals surface area contributed by atoms with Crippen LogP contribution < -0.4 is 5.32 Å². The Labute approximate surface area is 265 Å². The van der Waals surface area contributed by atoms with Crippen molar-refractivity contribution >= 4 is 17.8 Å². The molecule has 1 aliphatic rings. The van der Waals surface area contributed by atoms with E-state index in [1.54, 1.807) is 21.1 Å². The highest BCUT2D eigenvalue weighted by molar-refractivity contribution is 5.86. The number of esters is 1. The van der Waals surface area contributed by atoms with Gasteiger partial charge in [-0.2, -0.15) is 0 Å². The molecule has 9 heteroatoms. The van der Waals surface area contributed by atoms with E-state index in [0.29, 0.717) is 24.8 Å². The van der Waals surface area contributed by atoms with E-state index in [2.05, 4.69) is 26.1 Å². The summed E-state index contributed by atoms with van der Waals surface area (Å²) in [5, 5.41) is 12.1. The number of nitrogens with one attached hydrogen (secondary N) is 1. The molecule has 1 aliphatic heterocycles. The fraction of sp³-hybridized carbons (Fsp3) is 0.743. The van der Waals surface area contributed by atoms with Gasteiger partial charge in [0.05, 0.1) is 37.7 Å². The molecule has 1 saturated heterocycles. The highest BCUT2D eigenvalue weighted by Crippen LogP contribution is 2.33. The third kappa shape index (κ3) is 11.1. The van der Waals surface area contributed by atoms with E-state index >= 15 is 0 Å². The normalized spacial score (nSPS) is 19.8. The topological polar surface area (TPSA) is 114 Å². The number of hydrogen-bond acceptors (Lipinski definition) is 7. The lowest BCUT2D eigenvalue weighted by molar-refractivity contribution is -0.147. The fourth-order valence-electron chi connectivity index (χ4n) is 6.72. The average Bonchev–Trinajstić information content (AvgIpc) is 3.52. The van der Waals surface area contributed by atoms with E-state index in [0.717, 1.165) is 50.5 Å². The first-order valence-electron chi connectivity index (χ1n) is 16.5. The number of aliphatic hydroxyl groups excluding tert-OH is 1. The zero-order chi connectivity index (χ0) is 32.6. The first kappa shape index (κ1) is 37.7. The van der Waals surface area contributed by atoms with Crippen LogP contribution >= 0.6 is 0 Å². The van der Waals surface area contributed by atoms with E-state index < -0.39 is 24.0 Å². The lowest BCUT2D eigenvalue weighted by Crippen LogP contribution is -2.53. The smallest absolute Gasteiger partial charge is 0.328 e. The molecule has 0 aliphatic carbocycles. The molecule has 1 heterocycles. The molecule has 1 aromatic rings. The van der Waals surface area contributed by atoms with Crippen LogP contribution in [0.5, 0.6) is 0 Å². The Kier molecular flexibility index (Phi) is 17.0. The summed E-state index contributed by atoms with van der Waals surface area (Å²) in [6.07, 6.45) is 6.25. The summed E-state index contributed by atoms with van der Waals surface area (Å²) in [5.74, 6) is -0.298. The number of aliphatic hydroxyl groups is 1. The Balaban J connectivity index is 2.13. The van der Waals surface area contributed by atoms with Gasteiger partial charge in [0.1, 0.15) is 6.04 Å². The van der Waals surface area contributed by atoms with Gasteiger partial charge in [0.25, 0.3) is 0 Å². The molecule has 0 aromatic heterocycles. The highest BCUT2D eigenvalue weighted by Gasteiger charge is 2.41. The van der Waals surface area contributed by atoms with Crippen LogP contribution in [-0.4, -0.2) is 86.6 Å². The largest absolute Gasteiger partial charge is 0.467 e. The van der Waals surface area contributed by atoms with Crippen molar-refractivity contribution in [2.45, 2.75) is 110 Å². The Bertz CT molecular complexity index is 991. The Morgan fingerprint density at radius 2 is 1.75 bits per heavy atom. The molecule has 9 nitrogen and oxygen atoms in total. The van der Waals surface area contributed by atoms with E-state index in [-0.39, 0.29) is 42.9 Å². The Hall–Kier alpha value is -2.49. The van der Waals surface area contributed by atoms with Crippen LogP contribution in [-0.2, 0) is 35.0 Å². The van der Waals surface area contributed by atoms with Crippen LogP contribution in [0.2, 0.25) is 0 Å². The monoisotopic (exact) mass is 618 g/mol. The minimum atomic E-state index is -0.831. The number of carbonyl (C=O) groups is 3. The van der Waals surface area contributed by atoms with E-state index in [1.807, 2.05) is 35.2 Å². The molecule has 250 valence electrons. The molecule has 44 heavy (non-hydrogen) atoms. The minimum Gasteiger partial charge on any atom is -0.467 e. The summed E-state index contributed by atoms with van der Waals surface area (Å²) in [6, 6.07) is 8.40. The van der Waals surface area contributed by atoms with Gasteiger partial charge >= 0.3 is 5.97 Å². The Morgan fingerprint density at radius 3 is 2.34 bits per heavy atom. The third-order valence-corrected chi connectivity index (χ3v) is 9.57. The molecule has 2 amide bonds. The number of likely N-dealkylation sites (tertiary alicyclic amines) is 1. The third-order valence-electron chi connectivity index (χ3n) is 9.57. The minimum absolute atomic E-state index is 0.0201. The number of nitrogens with zero attached hydrogens (tertiary/aromatic N) is 1. The summed E-state index contributed by atoms with van der Waals surface area (Å²) in [7, 11) is 4.59. The van der Waals surface area contributed by atoms with Crippen LogP contribution in [0, 0.1) is 23.7 Å². The van der Waals surface area contributed by atoms with Crippen molar-refractivity contribution in [2.75, 3.05) is 34.5 Å². The van der Waals surface area contributed by atoms with E-state index in [1.165, 1.54) is 7.11 Å². The number of rotatable bonds is 20. The van der Waals surface area contributed by atoms with Gasteiger partial charge in [0.2, 0.25) is 11.8 Å². The first-order valence-corrected chi connectivity index (χ1v) is 16.5. The van der Waals surface area contributed by atoms with Crippen LogP contribution in [0.1, 0.15) is 84.6 Å². The SMILES string of the molecule is CC[C@H](C)C(C[C@H](C)CCCCO)[C@@H](CC(=O)N1CCC[C@H]1[C@H](OC)[C@@H](C)C(=O)N[C@@H](Cc1ccccc1)C(=O)OC)OC. The summed E-state index contributed by atoms with van der Waals surface area (Å²) in [5.41, 5.74) is 0.912. The van der Waals surface area contributed by atoms with Crippen molar-refractivity contribution in [3.63, 3.8) is 0 Å². The molecular weight excluding hydrogens is 560 g/mol. The maximum absolute atomic E-state index is 13.9. The maximum Gasteiger partial charge on any atom is 0.328 e. The van der Waals surface area contributed by atoms with Gasteiger partial charge in [-0.3, -0.25) is 9.59 Å². The van der Waals surface area contributed by atoms with Gasteiger partial charge < -0.3 is 29.5 Å². The predicted octanol–water partition coefficient (Wildman–Crippen LogP) is 4.79. The van der Waals surface area contributed by atoms with Gasteiger partial charge in [-0.15, -0.1) is 0 Å². The number of methoxy groups -OCH3 is 3. The van der Waals surface area contributed by atoms with Crippen molar-refractivity contribution in [3.8, 4) is 0 Å². The standard InChI is InChI=1S/C35H58N2O7/c1-8-25(3)28(21-24(2)15-12-13-20-38)31(42-5)23-32(39)37-19-14-18-30(37)33(43-6)26(4)34(40)36-29(35(41)44-7)22-27-16-10-9-11-17-27/h9-11,16-17,24-26,28-31,33,38H,8,12-15,18-23H2,1-7H3,(H,36,40)/t24-,25+,26-,28?,29+,30+,31-,33-/m1/s1. The van der Waals surface area contributed by atoms with Gasteiger partial charge in [0, 0.05) is 33.8 Å². The summed E-state index contributed by atoms with van der Waals surface area (Å²) in [4.78, 5) is 41.8. The zero-order valence-electron chi connectivity index (χ0n) is 28.1. The maximum atomic E-state index is 13.9. The number of unbranched alkanes of at least 4 members (excludes halogenated alkanes) is 1. The Morgan fingerprint density at radius 1 is 1.05 bits per heavy atom. The van der Waals surface area contributed by atoms with Crippen LogP contribution in [0.15, 0.2) is 30.3 Å². The van der Waals surface area contributed by atoms with Crippen LogP contribution in [0.25, 0.3) is 0 Å². The molecule has 0 spiro atoms. The molecule has 0 bridgehead atoms. The number of carbonyl (C=O) groups excluding carboxylic acids is 3. The van der Waals surface area contributed by atoms with Crippen molar-refractivity contribution in [2.24, 2.45) is 23.7 Å². The number of benzene rings is 1. The summed E-state index contributed by atoms with van der Waals surface area (Å²) < 4.78 is 16.9. The second kappa shape index (κ2) is 19.8. The molecule has 2 rings (SSSR count). The number of amides is 2. The van der Waals surface area contributed by atoms with Crippen molar-refractivity contribution < 1.29 is 33.7 Å². The quantitative estimate of drug-likeness (QED) is 0.160. The van der Waals surface area contributed by atoms with E-state index in [4.69, 9.17) is 14.2 Å². The molecule has 0 radical (unpaired) electrons. The number of ether oxygens (including phenoxy) is 3. The van der Waals surface area contributed by atoms with Crippen molar-refractivity contribution in [1.29, 1.82) is 0 Å². The van der Waals surface area contributed by atoms with Gasteiger partial charge in [-0.25, -0.2) is 4.79 Å². The molecule has 1 aromatic carbocycles. The summed E-state index contributed by atoms with van der Waals surface area (Å²) >= 11 is 0. The van der Waals surface area contributed by atoms with Crippen LogP contribution in [0.3, 0.4) is 0 Å². The van der Waals surface area contributed by atoms with Gasteiger partial charge in [0.15, 0.2) is 0 Å². The molecule has 8 atom stereocenters. The van der Waals surface area contributed by atoms with Gasteiger partial charge in [-0.1, -0.05) is 77.3 Å². The summed E-state index contributed by atoms with van der Waals surface area (Å²) in [6.45, 7) is 9.28. The van der Waals surface area contributed by atoms with Crippen LogP contribution in [0.4, 0.5) is 0 Å². The number of hydrogen-bond donors (Lipinski definition) is 2. The highest BCUT2D eigenvalue weighted by atomic mass is 16.5. The average molecular weight is 619 g/mol. The first-order chi connectivity index (χ1) is 21.1. The second-order valence-corrected chi connectivity index (χ2v) is 12.6. The molecule has 2 N–H and O–H groups in total. The zero-order valence-corrected chi connectivity index (χ0v) is 28.1. The molecule has 1 fully saturated rings. The lowest BCUT2D eigenvalue weighted by Gasteiger charge is -2.36. The van der Waals surface area contributed by atoms with E-state index in [9.17, 15) is 19.5 Å². The molecular formula is C35H58N2O7. The molecule has 0 saturated carbocycles. The molecule has 1 unspecified atom stereocenters. The van der Waals surface area contributed by atoms with Gasteiger partial charge in [-0.05, 0) is 49.0 Å².